The predicted octanol–water partition coefficient (Wildman–Crippen LogP) is 4.75. The van der Waals surface area contributed by atoms with E-state index in [1.54, 1.807) is 6.07 Å². The number of nitro benzene ring substituents is 1. The Morgan fingerprint density at radius 2 is 1.78 bits per heavy atom. The maximum atomic E-state index is 11.8. The van der Waals surface area contributed by atoms with Gasteiger partial charge in [0.15, 0.2) is 6.61 Å². The van der Waals surface area contributed by atoms with Crippen LogP contribution in [0.25, 0.3) is 6.08 Å². The highest BCUT2D eigenvalue weighted by molar-refractivity contribution is 6.44. The molecule has 0 spiro atoms. The van der Waals surface area contributed by atoms with Crippen LogP contribution in [0.3, 0.4) is 0 Å². The van der Waals surface area contributed by atoms with E-state index in [0.29, 0.717) is 0 Å². The minimum absolute atomic E-state index is 0.159. The minimum atomic E-state index is -0.844. The maximum Gasteiger partial charge on any atom is 0.331 e. The smallest absolute Gasteiger partial charge is 0.331 e. The molecule has 0 atom stereocenters. The maximum absolute atomic E-state index is 11.8. The molecule has 0 aromatic heterocycles. The molecule has 7 nitrogen and oxygen atoms in total. The Morgan fingerprint density at radius 3 is 2.48 bits per heavy atom. The first-order valence-corrected chi connectivity index (χ1v) is 8.44. The molecule has 2 rings (SSSR count). The first-order chi connectivity index (χ1) is 12.8. The summed E-state index contributed by atoms with van der Waals surface area (Å²) in [4.78, 5) is 33.9. The van der Waals surface area contributed by atoms with E-state index in [2.05, 4.69) is 5.32 Å². The van der Waals surface area contributed by atoms with Crippen molar-refractivity contribution in [3.63, 3.8) is 0 Å². The number of carbonyl (C=O) groups is 2. The molecule has 10 heteroatoms. The van der Waals surface area contributed by atoms with Crippen molar-refractivity contribution in [2.24, 2.45) is 0 Å². The van der Waals surface area contributed by atoms with Gasteiger partial charge in [0, 0.05) is 12.1 Å². The van der Waals surface area contributed by atoms with E-state index in [0.717, 1.165) is 6.08 Å². The Morgan fingerprint density at radius 1 is 1.11 bits per heavy atom. The van der Waals surface area contributed by atoms with Gasteiger partial charge >= 0.3 is 5.97 Å². The molecule has 1 N–H and O–H groups in total. The summed E-state index contributed by atoms with van der Waals surface area (Å²) >= 11 is 17.6. The van der Waals surface area contributed by atoms with E-state index < -0.39 is 23.4 Å². The first-order valence-electron chi connectivity index (χ1n) is 7.30. The molecular weight excluding hydrogens is 419 g/mol. The van der Waals surface area contributed by atoms with Crippen molar-refractivity contribution in [1.29, 1.82) is 0 Å². The molecular formula is C17H11Cl3N2O5. The van der Waals surface area contributed by atoms with Crippen LogP contribution < -0.4 is 5.32 Å². The van der Waals surface area contributed by atoms with Gasteiger partial charge in [0.25, 0.3) is 11.6 Å². The molecule has 0 heterocycles. The van der Waals surface area contributed by atoms with Crippen molar-refractivity contribution in [3.05, 3.63) is 73.2 Å². The number of hydrogen-bond donors (Lipinski definition) is 1. The van der Waals surface area contributed by atoms with Gasteiger partial charge in [0.05, 0.1) is 31.2 Å². The molecule has 0 aliphatic rings. The van der Waals surface area contributed by atoms with Crippen molar-refractivity contribution in [2.75, 3.05) is 11.9 Å². The van der Waals surface area contributed by atoms with Crippen LogP contribution in [-0.4, -0.2) is 23.4 Å². The highest BCUT2D eigenvalue weighted by Gasteiger charge is 2.12. The molecule has 2 aromatic carbocycles. The SMILES string of the molecule is O=C(COC(=O)/C=C/c1ccccc1[N+](=O)[O-])Nc1cc(Cl)c(Cl)cc1Cl. The molecule has 1 amide bonds. The molecule has 0 fully saturated rings. The quantitative estimate of drug-likeness (QED) is 0.235. The molecule has 0 aliphatic heterocycles. The number of amides is 1. The topological polar surface area (TPSA) is 98.5 Å². The second-order valence-corrected chi connectivity index (χ2v) is 6.27. The number of nitro groups is 1. The van der Waals surface area contributed by atoms with Gasteiger partial charge < -0.3 is 10.1 Å². The van der Waals surface area contributed by atoms with Crippen LogP contribution in [0.5, 0.6) is 0 Å². The fourth-order valence-corrected chi connectivity index (χ4v) is 2.54. The Bertz CT molecular complexity index is 931. The molecule has 2 aromatic rings. The standard InChI is InChI=1S/C17H11Cl3N2O5/c18-11-7-13(20)14(8-12(11)19)21-16(23)9-27-17(24)6-5-10-3-1-2-4-15(10)22(25)26/h1-8H,9H2,(H,21,23)/b6-5+. The summed E-state index contributed by atoms with van der Waals surface area (Å²) in [6.45, 7) is -0.587. The number of ether oxygens (including phenoxy) is 1. The minimum Gasteiger partial charge on any atom is -0.452 e. The highest BCUT2D eigenvalue weighted by atomic mass is 35.5. The summed E-state index contributed by atoms with van der Waals surface area (Å²) in [7, 11) is 0. The van der Waals surface area contributed by atoms with Gasteiger partial charge in [-0.1, -0.05) is 46.9 Å². The van der Waals surface area contributed by atoms with Crippen LogP contribution in [0, 0.1) is 10.1 Å². The number of benzene rings is 2. The number of para-hydroxylation sites is 1. The van der Waals surface area contributed by atoms with Gasteiger partial charge in [-0.25, -0.2) is 4.79 Å². The van der Waals surface area contributed by atoms with E-state index in [1.165, 1.54) is 36.4 Å². The van der Waals surface area contributed by atoms with Crippen LogP contribution in [0.2, 0.25) is 15.1 Å². The van der Waals surface area contributed by atoms with Crippen molar-refractivity contribution in [2.45, 2.75) is 0 Å². The van der Waals surface area contributed by atoms with Crippen molar-refractivity contribution < 1.29 is 19.2 Å². The number of carbonyl (C=O) groups excluding carboxylic acids is 2. The third-order valence-electron chi connectivity index (χ3n) is 3.16. The fraction of sp³-hybridized carbons (Fsp3) is 0.0588. The number of nitrogens with one attached hydrogen (secondary N) is 1. The average molecular weight is 430 g/mol. The number of nitrogens with zero attached hydrogens (tertiary/aromatic N) is 1. The molecule has 0 bridgehead atoms. The number of anilines is 1. The molecule has 27 heavy (non-hydrogen) atoms. The van der Waals surface area contributed by atoms with Crippen molar-refractivity contribution in [3.8, 4) is 0 Å². The zero-order valence-corrected chi connectivity index (χ0v) is 15.7. The van der Waals surface area contributed by atoms with E-state index in [9.17, 15) is 19.7 Å². The zero-order valence-electron chi connectivity index (χ0n) is 13.4. The highest BCUT2D eigenvalue weighted by Crippen LogP contribution is 2.32. The molecule has 140 valence electrons. The second kappa shape index (κ2) is 9.36. The molecule has 0 radical (unpaired) electrons. The average Bonchev–Trinajstić information content (AvgIpc) is 2.63. The number of halogens is 3. The monoisotopic (exact) mass is 428 g/mol. The third kappa shape index (κ3) is 5.96. The number of hydrogen-bond acceptors (Lipinski definition) is 5. The van der Waals surface area contributed by atoms with Gasteiger partial charge in [0.2, 0.25) is 0 Å². The summed E-state index contributed by atoms with van der Waals surface area (Å²) in [5.41, 5.74) is 0.280. The Kier molecular flexibility index (Phi) is 7.18. The predicted molar refractivity (Wildman–Crippen MR) is 103 cm³/mol. The second-order valence-electron chi connectivity index (χ2n) is 5.05. The van der Waals surface area contributed by atoms with Crippen LogP contribution >= 0.6 is 34.8 Å². The number of esters is 1. The largest absolute Gasteiger partial charge is 0.452 e. The number of rotatable bonds is 6. The lowest BCUT2D eigenvalue weighted by Gasteiger charge is -2.08. The lowest BCUT2D eigenvalue weighted by Crippen LogP contribution is -2.20. The summed E-state index contributed by atoms with van der Waals surface area (Å²) < 4.78 is 4.78. The van der Waals surface area contributed by atoms with E-state index in [-0.39, 0.29) is 32.0 Å². The first kappa shape index (κ1) is 20.7. The lowest BCUT2D eigenvalue weighted by atomic mass is 10.1. The Labute approximate surface area is 168 Å². The van der Waals surface area contributed by atoms with Gasteiger partial charge in [-0.05, 0) is 24.3 Å². The summed E-state index contributed by atoms with van der Waals surface area (Å²) in [5, 5.41) is 13.9. The van der Waals surface area contributed by atoms with Gasteiger partial charge in [0.1, 0.15) is 0 Å². The van der Waals surface area contributed by atoms with E-state index >= 15 is 0 Å². The third-order valence-corrected chi connectivity index (χ3v) is 4.20. The Hall–Kier alpha value is -2.61. The van der Waals surface area contributed by atoms with Crippen LogP contribution in [0.1, 0.15) is 5.56 Å². The van der Waals surface area contributed by atoms with Gasteiger partial charge in [-0.2, -0.15) is 0 Å². The Balaban J connectivity index is 1.93. The molecule has 0 unspecified atom stereocenters. The molecule has 0 saturated carbocycles. The van der Waals surface area contributed by atoms with Crippen LogP contribution in [0.15, 0.2) is 42.5 Å². The van der Waals surface area contributed by atoms with E-state index in [1.807, 2.05) is 0 Å². The van der Waals surface area contributed by atoms with E-state index in [4.69, 9.17) is 39.5 Å². The van der Waals surface area contributed by atoms with Gasteiger partial charge in [-0.3, -0.25) is 14.9 Å². The van der Waals surface area contributed by atoms with Crippen LogP contribution in [0.4, 0.5) is 11.4 Å². The molecule has 0 aliphatic carbocycles. The molecule has 0 saturated heterocycles. The van der Waals surface area contributed by atoms with Crippen molar-refractivity contribution in [1.82, 2.24) is 0 Å². The fourth-order valence-electron chi connectivity index (χ4n) is 1.94. The zero-order chi connectivity index (χ0) is 20.0. The van der Waals surface area contributed by atoms with Gasteiger partial charge in [-0.15, -0.1) is 0 Å². The lowest BCUT2D eigenvalue weighted by molar-refractivity contribution is -0.385. The summed E-state index contributed by atoms with van der Waals surface area (Å²) in [6.07, 6.45) is 2.22. The van der Waals surface area contributed by atoms with Crippen LogP contribution in [-0.2, 0) is 14.3 Å². The summed E-state index contributed by atoms with van der Waals surface area (Å²) in [5.74, 6) is -1.49. The summed E-state index contributed by atoms with van der Waals surface area (Å²) in [6, 6.07) is 8.60. The van der Waals surface area contributed by atoms with Crippen molar-refractivity contribution >= 4 is 64.1 Å². The normalized spacial score (nSPS) is 10.6.